The van der Waals surface area contributed by atoms with E-state index < -0.39 is 28.5 Å². The van der Waals surface area contributed by atoms with Crippen molar-refractivity contribution in [2.75, 3.05) is 30.8 Å². The van der Waals surface area contributed by atoms with Crippen molar-refractivity contribution in [3.05, 3.63) is 59.7 Å². The highest BCUT2D eigenvalue weighted by molar-refractivity contribution is 7.92. The Kier molecular flexibility index (Phi) is 9.28. The van der Waals surface area contributed by atoms with Crippen LogP contribution in [-0.4, -0.2) is 57.6 Å². The van der Waals surface area contributed by atoms with Crippen LogP contribution in [0.2, 0.25) is 0 Å². The highest BCUT2D eigenvalue weighted by atomic mass is 32.2. The van der Waals surface area contributed by atoms with Gasteiger partial charge in [0.25, 0.3) is 0 Å². The van der Waals surface area contributed by atoms with E-state index in [1.807, 2.05) is 45.0 Å². The third-order valence-electron chi connectivity index (χ3n) is 5.22. The second-order valence-electron chi connectivity index (χ2n) is 7.74. The SMILES string of the molecule is CCOc1ccc(N(CC(=O)N(Cc2ccc(C)cc2)C(CC)C(=O)NC)S(C)(=O)=O)cc1. The Labute approximate surface area is 196 Å². The van der Waals surface area contributed by atoms with Gasteiger partial charge in [-0.25, -0.2) is 8.42 Å². The number of hydrogen-bond acceptors (Lipinski definition) is 5. The maximum absolute atomic E-state index is 13.5. The average Bonchev–Trinajstić information content (AvgIpc) is 2.78. The minimum Gasteiger partial charge on any atom is -0.494 e. The number of carbonyl (C=O) groups is 2. The fraction of sp³-hybridized carbons (Fsp3) is 0.417. The molecule has 8 nitrogen and oxygen atoms in total. The molecule has 2 amide bonds. The molecule has 0 aliphatic carbocycles. The van der Waals surface area contributed by atoms with E-state index in [2.05, 4.69) is 5.32 Å². The summed E-state index contributed by atoms with van der Waals surface area (Å²) in [5.74, 6) is -0.164. The van der Waals surface area contributed by atoms with Crippen LogP contribution < -0.4 is 14.4 Å². The summed E-state index contributed by atoms with van der Waals surface area (Å²) in [5.41, 5.74) is 2.27. The van der Waals surface area contributed by atoms with Crippen molar-refractivity contribution < 1.29 is 22.7 Å². The zero-order chi connectivity index (χ0) is 24.6. The van der Waals surface area contributed by atoms with E-state index >= 15 is 0 Å². The first-order valence-electron chi connectivity index (χ1n) is 10.9. The Morgan fingerprint density at radius 3 is 2.12 bits per heavy atom. The summed E-state index contributed by atoms with van der Waals surface area (Å²) >= 11 is 0. The van der Waals surface area contributed by atoms with Crippen molar-refractivity contribution in [3.63, 3.8) is 0 Å². The predicted molar refractivity (Wildman–Crippen MR) is 130 cm³/mol. The largest absolute Gasteiger partial charge is 0.494 e. The highest BCUT2D eigenvalue weighted by Crippen LogP contribution is 2.23. The fourth-order valence-electron chi connectivity index (χ4n) is 3.47. The Hall–Kier alpha value is -3.07. The Bertz CT molecular complexity index is 1040. The van der Waals surface area contributed by atoms with Crippen LogP contribution >= 0.6 is 0 Å². The van der Waals surface area contributed by atoms with Gasteiger partial charge in [-0.15, -0.1) is 0 Å². The standard InChI is InChI=1S/C24H33N3O5S/c1-6-22(24(29)25-4)26(16-19-10-8-18(3)9-11-19)23(28)17-27(33(5,30)31)20-12-14-21(15-13-20)32-7-2/h8-15,22H,6-7,16-17H2,1-5H3,(H,25,29). The number of nitrogens with zero attached hydrogens (tertiary/aromatic N) is 2. The monoisotopic (exact) mass is 475 g/mol. The topological polar surface area (TPSA) is 96.0 Å². The highest BCUT2D eigenvalue weighted by Gasteiger charge is 2.31. The molecule has 0 saturated carbocycles. The molecule has 0 aromatic heterocycles. The molecule has 2 aromatic rings. The Morgan fingerprint density at radius 1 is 1.03 bits per heavy atom. The molecule has 0 aliphatic heterocycles. The third-order valence-corrected chi connectivity index (χ3v) is 6.36. The number of amides is 2. The number of aryl methyl sites for hydroxylation is 1. The molecule has 0 saturated heterocycles. The van der Waals surface area contributed by atoms with Crippen LogP contribution in [0.25, 0.3) is 0 Å². The number of anilines is 1. The van der Waals surface area contributed by atoms with Crippen molar-refractivity contribution >= 4 is 27.5 Å². The molecule has 2 rings (SSSR count). The smallest absolute Gasteiger partial charge is 0.244 e. The van der Waals surface area contributed by atoms with Gasteiger partial charge in [-0.1, -0.05) is 36.8 Å². The Balaban J connectivity index is 2.38. The summed E-state index contributed by atoms with van der Waals surface area (Å²) in [4.78, 5) is 27.4. The van der Waals surface area contributed by atoms with E-state index in [-0.39, 0.29) is 12.5 Å². The number of carbonyl (C=O) groups excluding carboxylic acids is 2. The molecule has 2 aromatic carbocycles. The first kappa shape index (κ1) is 26.2. The summed E-state index contributed by atoms with van der Waals surface area (Å²) < 4.78 is 31.6. The van der Waals surface area contributed by atoms with Gasteiger partial charge in [-0.05, 0) is 50.1 Å². The number of rotatable bonds is 11. The number of benzene rings is 2. The second kappa shape index (κ2) is 11.7. The quantitative estimate of drug-likeness (QED) is 0.539. The van der Waals surface area contributed by atoms with Gasteiger partial charge in [-0.2, -0.15) is 0 Å². The molecule has 0 bridgehead atoms. The number of ether oxygens (including phenoxy) is 1. The summed E-state index contributed by atoms with van der Waals surface area (Å²) in [7, 11) is -2.25. The molecule has 9 heteroatoms. The minimum absolute atomic E-state index is 0.186. The molecular weight excluding hydrogens is 442 g/mol. The van der Waals surface area contributed by atoms with Crippen LogP contribution in [-0.2, 0) is 26.2 Å². The molecule has 0 fully saturated rings. The van der Waals surface area contributed by atoms with E-state index in [9.17, 15) is 18.0 Å². The molecule has 0 spiro atoms. The summed E-state index contributed by atoms with van der Waals surface area (Å²) in [6, 6.07) is 13.4. The molecule has 0 radical (unpaired) electrons. The first-order valence-corrected chi connectivity index (χ1v) is 12.7. The second-order valence-corrected chi connectivity index (χ2v) is 9.65. The van der Waals surface area contributed by atoms with Gasteiger partial charge < -0.3 is 15.0 Å². The molecule has 180 valence electrons. The number of hydrogen-bond donors (Lipinski definition) is 1. The van der Waals surface area contributed by atoms with Crippen LogP contribution in [0.3, 0.4) is 0 Å². The first-order chi connectivity index (χ1) is 15.6. The van der Waals surface area contributed by atoms with Crippen LogP contribution in [0.15, 0.2) is 48.5 Å². The summed E-state index contributed by atoms with van der Waals surface area (Å²) in [5, 5.41) is 2.60. The van der Waals surface area contributed by atoms with Crippen molar-refractivity contribution in [1.82, 2.24) is 10.2 Å². The van der Waals surface area contributed by atoms with Crippen LogP contribution in [0, 0.1) is 6.92 Å². The van der Waals surface area contributed by atoms with Crippen molar-refractivity contribution in [1.29, 1.82) is 0 Å². The molecule has 1 N–H and O–H groups in total. The average molecular weight is 476 g/mol. The van der Waals surface area contributed by atoms with Crippen LogP contribution in [0.5, 0.6) is 5.75 Å². The van der Waals surface area contributed by atoms with E-state index in [4.69, 9.17) is 4.74 Å². The Morgan fingerprint density at radius 2 is 1.64 bits per heavy atom. The third kappa shape index (κ3) is 7.21. The molecule has 0 heterocycles. The van der Waals surface area contributed by atoms with E-state index in [1.165, 1.54) is 11.9 Å². The maximum atomic E-state index is 13.5. The van der Waals surface area contributed by atoms with Gasteiger partial charge in [0.2, 0.25) is 21.8 Å². The number of likely N-dealkylation sites (N-methyl/N-ethyl adjacent to an activating group) is 1. The lowest BCUT2D eigenvalue weighted by atomic mass is 10.1. The van der Waals surface area contributed by atoms with Crippen LogP contribution in [0.1, 0.15) is 31.4 Å². The molecule has 0 aliphatic rings. The van der Waals surface area contributed by atoms with Gasteiger partial charge in [-0.3, -0.25) is 13.9 Å². The summed E-state index contributed by atoms with van der Waals surface area (Å²) in [6.45, 7) is 5.88. The van der Waals surface area contributed by atoms with Gasteiger partial charge in [0.15, 0.2) is 0 Å². The van der Waals surface area contributed by atoms with Crippen molar-refractivity contribution in [2.24, 2.45) is 0 Å². The van der Waals surface area contributed by atoms with Crippen molar-refractivity contribution in [3.8, 4) is 5.75 Å². The molecule has 33 heavy (non-hydrogen) atoms. The molecule has 1 atom stereocenters. The minimum atomic E-state index is -3.76. The fourth-order valence-corrected chi connectivity index (χ4v) is 4.31. The van der Waals surface area contributed by atoms with Gasteiger partial charge >= 0.3 is 0 Å². The van der Waals surface area contributed by atoms with E-state index in [1.54, 1.807) is 24.3 Å². The summed E-state index contributed by atoms with van der Waals surface area (Å²) in [6.07, 6.45) is 1.44. The van der Waals surface area contributed by atoms with Gasteiger partial charge in [0, 0.05) is 13.6 Å². The number of sulfonamides is 1. The predicted octanol–water partition coefficient (Wildman–Crippen LogP) is 2.71. The lowest BCUT2D eigenvalue weighted by Crippen LogP contribution is -2.51. The zero-order valence-corrected chi connectivity index (χ0v) is 20.7. The van der Waals surface area contributed by atoms with Crippen molar-refractivity contribution in [2.45, 2.75) is 39.8 Å². The molecule has 1 unspecified atom stereocenters. The van der Waals surface area contributed by atoms with Gasteiger partial charge in [0.05, 0.1) is 18.6 Å². The van der Waals surface area contributed by atoms with Gasteiger partial charge in [0.1, 0.15) is 18.3 Å². The van der Waals surface area contributed by atoms with E-state index in [0.29, 0.717) is 24.5 Å². The molecular formula is C24H33N3O5S. The van der Waals surface area contributed by atoms with E-state index in [0.717, 1.165) is 21.7 Å². The lowest BCUT2D eigenvalue weighted by molar-refractivity contribution is -0.140. The normalized spacial score (nSPS) is 12.0. The zero-order valence-electron chi connectivity index (χ0n) is 19.9. The number of nitrogens with one attached hydrogen (secondary N) is 1. The maximum Gasteiger partial charge on any atom is 0.244 e. The van der Waals surface area contributed by atoms with Crippen LogP contribution in [0.4, 0.5) is 5.69 Å². The lowest BCUT2D eigenvalue weighted by Gasteiger charge is -2.32.